The van der Waals surface area contributed by atoms with E-state index < -0.39 is 0 Å². The number of ether oxygens (including phenoxy) is 1. The lowest BCUT2D eigenvalue weighted by molar-refractivity contribution is -0.684. The Bertz CT molecular complexity index is 336. The van der Waals surface area contributed by atoms with E-state index in [0.29, 0.717) is 19.7 Å². The van der Waals surface area contributed by atoms with Crippen LogP contribution in [0.25, 0.3) is 0 Å². The van der Waals surface area contributed by atoms with E-state index in [1.54, 1.807) is 7.11 Å². The number of hydrogen-bond donors (Lipinski definition) is 1. The smallest absolute Gasteiger partial charge is 0.286 e. The van der Waals surface area contributed by atoms with E-state index in [1.807, 2.05) is 17.0 Å². The summed E-state index contributed by atoms with van der Waals surface area (Å²) < 4.78 is 6.74. The molecule has 0 aliphatic carbocycles. The number of rotatable bonds is 7. The van der Waals surface area contributed by atoms with Crippen molar-refractivity contribution in [3.05, 3.63) is 30.1 Å². The van der Waals surface area contributed by atoms with Crippen molar-refractivity contribution in [2.75, 3.05) is 20.3 Å². The number of hydrogen-bond acceptors (Lipinski definition) is 2. The molecule has 0 fully saturated rings. The molecule has 0 aliphatic rings. The van der Waals surface area contributed by atoms with E-state index in [2.05, 4.69) is 24.4 Å². The quantitative estimate of drug-likeness (QED) is 0.560. The molecule has 0 unspecified atom stereocenters. The average molecular weight is 237 g/mol. The summed E-state index contributed by atoms with van der Waals surface area (Å²) in [5.41, 5.74) is 1.31. The van der Waals surface area contributed by atoms with Crippen LogP contribution >= 0.6 is 0 Å². The van der Waals surface area contributed by atoms with Gasteiger partial charge in [0.1, 0.15) is 0 Å². The van der Waals surface area contributed by atoms with E-state index >= 15 is 0 Å². The van der Waals surface area contributed by atoms with Crippen LogP contribution in [0.15, 0.2) is 24.5 Å². The Hall–Kier alpha value is -1.42. The Kier molecular flexibility index (Phi) is 6.25. The van der Waals surface area contributed by atoms with Gasteiger partial charge in [-0.1, -0.05) is 13.3 Å². The average Bonchev–Trinajstić information content (AvgIpc) is 2.32. The van der Waals surface area contributed by atoms with Crippen molar-refractivity contribution in [3.8, 4) is 0 Å². The number of nitrogens with zero attached hydrogens (tertiary/aromatic N) is 1. The van der Waals surface area contributed by atoms with E-state index in [4.69, 9.17) is 4.74 Å². The Morgan fingerprint density at radius 2 is 2.12 bits per heavy atom. The molecule has 0 radical (unpaired) electrons. The van der Waals surface area contributed by atoms with Gasteiger partial charge in [0.25, 0.3) is 5.91 Å². The number of methoxy groups -OCH3 is 1. The predicted octanol–water partition coefficient (Wildman–Crippen LogP) is 0.689. The van der Waals surface area contributed by atoms with E-state index in [9.17, 15) is 4.79 Å². The van der Waals surface area contributed by atoms with Crippen molar-refractivity contribution < 1.29 is 14.1 Å². The lowest BCUT2D eigenvalue weighted by Gasteiger charge is -2.02. The highest BCUT2D eigenvalue weighted by molar-refractivity contribution is 5.74. The Labute approximate surface area is 103 Å². The Balaban J connectivity index is 2.37. The van der Waals surface area contributed by atoms with Gasteiger partial charge in [-0.15, -0.1) is 0 Å². The van der Waals surface area contributed by atoms with Crippen LogP contribution < -0.4 is 9.88 Å². The second-order valence-electron chi connectivity index (χ2n) is 3.97. The summed E-state index contributed by atoms with van der Waals surface area (Å²) in [4.78, 5) is 11.5. The van der Waals surface area contributed by atoms with Gasteiger partial charge in [0.05, 0.1) is 6.61 Å². The van der Waals surface area contributed by atoms with E-state index in [0.717, 1.165) is 12.8 Å². The molecule has 0 aliphatic heterocycles. The molecule has 1 rings (SSSR count). The fourth-order valence-electron chi connectivity index (χ4n) is 1.56. The van der Waals surface area contributed by atoms with E-state index in [1.165, 1.54) is 5.56 Å². The van der Waals surface area contributed by atoms with Gasteiger partial charge in [0.2, 0.25) is 6.54 Å². The zero-order valence-electron chi connectivity index (χ0n) is 10.6. The first kappa shape index (κ1) is 13.6. The van der Waals surface area contributed by atoms with Crippen molar-refractivity contribution in [3.63, 3.8) is 0 Å². The fourth-order valence-corrected chi connectivity index (χ4v) is 1.56. The molecule has 0 atom stereocenters. The molecule has 1 amide bonds. The maximum absolute atomic E-state index is 11.5. The SMILES string of the molecule is CCCc1cc[n+](CC(=O)NCCOC)cc1. The first-order valence-corrected chi connectivity index (χ1v) is 6.00. The van der Waals surface area contributed by atoms with Gasteiger partial charge < -0.3 is 10.1 Å². The number of aryl methyl sites for hydroxylation is 1. The monoisotopic (exact) mass is 237 g/mol. The summed E-state index contributed by atoms with van der Waals surface area (Å²) >= 11 is 0. The van der Waals surface area contributed by atoms with E-state index in [-0.39, 0.29) is 5.91 Å². The number of carbonyl (C=O) groups is 1. The van der Waals surface area contributed by atoms with Crippen LogP contribution in [0.1, 0.15) is 18.9 Å². The zero-order chi connectivity index (χ0) is 12.5. The minimum absolute atomic E-state index is 0.00953. The first-order chi connectivity index (χ1) is 8.26. The molecule has 4 nitrogen and oxygen atoms in total. The van der Waals surface area contributed by atoms with Crippen molar-refractivity contribution in [1.29, 1.82) is 0 Å². The second kappa shape index (κ2) is 7.79. The maximum Gasteiger partial charge on any atom is 0.286 e. The normalized spacial score (nSPS) is 10.2. The van der Waals surface area contributed by atoms with Crippen LogP contribution in [0, 0.1) is 0 Å². The molecule has 1 N–H and O–H groups in total. The predicted molar refractivity (Wildman–Crippen MR) is 65.5 cm³/mol. The van der Waals surface area contributed by atoms with Crippen LogP contribution in [-0.4, -0.2) is 26.2 Å². The summed E-state index contributed by atoms with van der Waals surface area (Å²) in [6, 6.07) is 4.12. The molecule has 0 saturated heterocycles. The standard InChI is InChI=1S/C13H20N2O2/c1-3-4-12-5-8-15(9-6-12)11-13(16)14-7-10-17-2/h5-6,8-9H,3-4,7,10-11H2,1-2H3/p+1. The molecule has 0 spiro atoms. The van der Waals surface area contributed by atoms with Gasteiger partial charge in [-0.25, -0.2) is 0 Å². The first-order valence-electron chi connectivity index (χ1n) is 6.00. The number of carbonyl (C=O) groups excluding carboxylic acids is 1. The van der Waals surface area contributed by atoms with Crippen LogP contribution in [0.3, 0.4) is 0 Å². The molecular weight excluding hydrogens is 216 g/mol. The van der Waals surface area contributed by atoms with Crippen LogP contribution in [0.2, 0.25) is 0 Å². The molecule has 17 heavy (non-hydrogen) atoms. The van der Waals surface area contributed by atoms with Gasteiger partial charge in [0.15, 0.2) is 12.4 Å². The summed E-state index contributed by atoms with van der Waals surface area (Å²) in [6.45, 7) is 3.62. The second-order valence-corrected chi connectivity index (χ2v) is 3.97. The van der Waals surface area contributed by atoms with Gasteiger partial charge >= 0.3 is 0 Å². The molecule has 1 aromatic rings. The third-order valence-electron chi connectivity index (χ3n) is 2.45. The van der Waals surface area contributed by atoms with Crippen molar-refractivity contribution in [1.82, 2.24) is 5.32 Å². The number of pyridine rings is 1. The third kappa shape index (κ3) is 5.45. The summed E-state index contributed by atoms with van der Waals surface area (Å²) in [5.74, 6) is 0.00953. The summed E-state index contributed by atoms with van der Waals surface area (Å²) in [6.07, 6.45) is 6.12. The maximum atomic E-state index is 11.5. The number of amides is 1. The highest BCUT2D eigenvalue weighted by Crippen LogP contribution is 1.98. The molecule has 0 aromatic carbocycles. The number of nitrogens with one attached hydrogen (secondary N) is 1. The van der Waals surface area contributed by atoms with Gasteiger partial charge in [-0.05, 0) is 12.0 Å². The molecule has 0 saturated carbocycles. The lowest BCUT2D eigenvalue weighted by Crippen LogP contribution is -2.43. The Morgan fingerprint density at radius 3 is 2.71 bits per heavy atom. The van der Waals surface area contributed by atoms with Crippen LogP contribution in [0.4, 0.5) is 0 Å². The zero-order valence-corrected chi connectivity index (χ0v) is 10.6. The highest BCUT2D eigenvalue weighted by atomic mass is 16.5. The fraction of sp³-hybridized carbons (Fsp3) is 0.538. The van der Waals surface area contributed by atoms with Gasteiger partial charge in [-0.3, -0.25) is 4.79 Å². The topological polar surface area (TPSA) is 42.2 Å². The summed E-state index contributed by atoms with van der Waals surface area (Å²) in [5, 5.41) is 2.79. The molecule has 4 heteroatoms. The highest BCUT2D eigenvalue weighted by Gasteiger charge is 2.07. The molecule has 94 valence electrons. The lowest BCUT2D eigenvalue weighted by atomic mass is 10.2. The van der Waals surface area contributed by atoms with Gasteiger partial charge in [0, 0.05) is 25.8 Å². The van der Waals surface area contributed by atoms with Crippen molar-refractivity contribution >= 4 is 5.91 Å². The molecule has 1 heterocycles. The number of aromatic nitrogens is 1. The van der Waals surface area contributed by atoms with Crippen molar-refractivity contribution in [2.45, 2.75) is 26.3 Å². The molecule has 0 bridgehead atoms. The van der Waals surface area contributed by atoms with Crippen LogP contribution in [-0.2, 0) is 22.5 Å². The van der Waals surface area contributed by atoms with Crippen LogP contribution in [0.5, 0.6) is 0 Å². The molecular formula is C13H21N2O2+. The Morgan fingerprint density at radius 1 is 1.41 bits per heavy atom. The minimum atomic E-state index is 0.00953. The third-order valence-corrected chi connectivity index (χ3v) is 2.45. The summed E-state index contributed by atoms with van der Waals surface area (Å²) in [7, 11) is 1.62. The van der Waals surface area contributed by atoms with Crippen molar-refractivity contribution in [2.24, 2.45) is 0 Å². The van der Waals surface area contributed by atoms with Gasteiger partial charge in [-0.2, -0.15) is 4.57 Å². The minimum Gasteiger partial charge on any atom is -0.383 e. The largest absolute Gasteiger partial charge is 0.383 e. The molecule has 1 aromatic heterocycles.